The number of pyridine rings is 1. The normalized spacial score (nSPS) is 11.5. The zero-order valence-corrected chi connectivity index (χ0v) is 7.86. The third-order valence-corrected chi connectivity index (χ3v) is 2.03. The molecule has 0 saturated heterocycles. The second-order valence-corrected chi connectivity index (χ2v) is 3.12. The second-order valence-electron chi connectivity index (χ2n) is 3.12. The summed E-state index contributed by atoms with van der Waals surface area (Å²) >= 11 is 0. The van der Waals surface area contributed by atoms with E-state index in [9.17, 15) is 0 Å². The largest absolute Gasteiger partial charge is 0.300 e. The van der Waals surface area contributed by atoms with Gasteiger partial charge in [-0.25, -0.2) is 4.98 Å². The number of nitrogens with zero attached hydrogens (tertiary/aromatic N) is 2. The van der Waals surface area contributed by atoms with E-state index in [1.54, 1.807) is 0 Å². The minimum atomic E-state index is 1.01. The lowest BCUT2D eigenvalue weighted by molar-refractivity contribution is 1.15. The van der Waals surface area contributed by atoms with Crippen LogP contribution in [0.15, 0.2) is 30.6 Å². The van der Waals surface area contributed by atoms with Gasteiger partial charge in [-0.2, -0.15) is 0 Å². The van der Waals surface area contributed by atoms with Crippen LogP contribution in [-0.2, 0) is 0 Å². The van der Waals surface area contributed by atoms with E-state index in [0.717, 1.165) is 11.3 Å². The highest BCUT2D eigenvalue weighted by Gasteiger charge is 1.98. The van der Waals surface area contributed by atoms with Crippen molar-refractivity contribution >= 4 is 11.7 Å². The fraction of sp³-hybridized carbons (Fsp3) is 0.182. The molecule has 0 bridgehead atoms. The molecule has 0 radical (unpaired) electrons. The van der Waals surface area contributed by atoms with Gasteiger partial charge in [-0.1, -0.05) is 6.08 Å². The van der Waals surface area contributed by atoms with Crippen molar-refractivity contribution in [3.05, 3.63) is 41.9 Å². The monoisotopic (exact) mass is 172 g/mol. The lowest BCUT2D eigenvalue weighted by Crippen LogP contribution is -1.86. The smallest absolute Gasteiger partial charge is 0.137 e. The fourth-order valence-electron chi connectivity index (χ4n) is 1.40. The van der Waals surface area contributed by atoms with Crippen molar-refractivity contribution in [3.63, 3.8) is 0 Å². The number of imidazole rings is 1. The Morgan fingerprint density at radius 1 is 1.46 bits per heavy atom. The van der Waals surface area contributed by atoms with Crippen LogP contribution in [-0.4, -0.2) is 9.38 Å². The third-order valence-electron chi connectivity index (χ3n) is 2.03. The zero-order valence-electron chi connectivity index (χ0n) is 7.86. The quantitative estimate of drug-likeness (QED) is 0.646. The van der Waals surface area contributed by atoms with Crippen LogP contribution < -0.4 is 0 Å². The number of aryl methyl sites for hydroxylation is 1. The molecule has 2 heteroatoms. The summed E-state index contributed by atoms with van der Waals surface area (Å²) in [4.78, 5) is 4.31. The van der Waals surface area contributed by atoms with E-state index < -0.39 is 0 Å². The van der Waals surface area contributed by atoms with E-state index in [0.29, 0.717) is 0 Å². The van der Waals surface area contributed by atoms with E-state index in [1.165, 1.54) is 5.56 Å². The maximum Gasteiger partial charge on any atom is 0.137 e. The molecule has 0 aliphatic carbocycles. The zero-order chi connectivity index (χ0) is 9.26. The van der Waals surface area contributed by atoms with E-state index in [-0.39, 0.29) is 0 Å². The Balaban J connectivity index is 2.68. The summed E-state index contributed by atoms with van der Waals surface area (Å²) in [6.45, 7) is 4.08. The van der Waals surface area contributed by atoms with Crippen molar-refractivity contribution in [2.24, 2.45) is 0 Å². The highest BCUT2D eigenvalue weighted by atomic mass is 15.0. The molecule has 2 nitrogen and oxygen atoms in total. The van der Waals surface area contributed by atoms with Crippen molar-refractivity contribution < 1.29 is 0 Å². The van der Waals surface area contributed by atoms with Gasteiger partial charge < -0.3 is 4.40 Å². The van der Waals surface area contributed by atoms with Crippen molar-refractivity contribution in [1.82, 2.24) is 9.38 Å². The summed E-state index contributed by atoms with van der Waals surface area (Å²) in [5, 5.41) is 0. The maximum absolute atomic E-state index is 4.31. The summed E-state index contributed by atoms with van der Waals surface area (Å²) < 4.78 is 2.08. The molecule has 0 aromatic carbocycles. The summed E-state index contributed by atoms with van der Waals surface area (Å²) in [7, 11) is 0. The first kappa shape index (κ1) is 8.05. The standard InChI is InChI=1S/C11H12N2/c1-3-4-10-8-12-11-7-9(2)5-6-13(10)11/h3-8H,1-2H3/b4-3+. The molecule has 2 rings (SSSR count). The maximum atomic E-state index is 4.31. The lowest BCUT2D eigenvalue weighted by atomic mass is 10.3. The molecule has 66 valence electrons. The van der Waals surface area contributed by atoms with Crippen LogP contribution in [0.25, 0.3) is 11.7 Å². The molecule has 2 aromatic heterocycles. The summed E-state index contributed by atoms with van der Waals surface area (Å²) in [6, 6.07) is 4.16. The summed E-state index contributed by atoms with van der Waals surface area (Å²) in [5.74, 6) is 0. The molecule has 0 atom stereocenters. The van der Waals surface area contributed by atoms with Crippen LogP contribution in [0.5, 0.6) is 0 Å². The Morgan fingerprint density at radius 3 is 3.08 bits per heavy atom. The van der Waals surface area contributed by atoms with Crippen LogP contribution in [0, 0.1) is 6.92 Å². The van der Waals surface area contributed by atoms with Gasteiger partial charge in [0.25, 0.3) is 0 Å². The predicted octanol–water partition coefficient (Wildman–Crippen LogP) is 2.68. The molecule has 0 N–H and O–H groups in total. The van der Waals surface area contributed by atoms with E-state index in [2.05, 4.69) is 34.5 Å². The molecule has 2 aromatic rings. The number of hydrogen-bond acceptors (Lipinski definition) is 1. The number of aromatic nitrogens is 2. The first-order chi connectivity index (χ1) is 6.31. The number of rotatable bonds is 1. The number of allylic oxidation sites excluding steroid dienone is 1. The predicted molar refractivity (Wildman–Crippen MR) is 54.6 cm³/mol. The van der Waals surface area contributed by atoms with Crippen LogP contribution in [0.1, 0.15) is 18.2 Å². The fourth-order valence-corrected chi connectivity index (χ4v) is 1.40. The minimum absolute atomic E-state index is 1.01. The van der Waals surface area contributed by atoms with E-state index in [4.69, 9.17) is 0 Å². The molecule has 0 spiro atoms. The Morgan fingerprint density at radius 2 is 2.31 bits per heavy atom. The Bertz CT molecular complexity index is 452. The van der Waals surface area contributed by atoms with Gasteiger partial charge in [0.1, 0.15) is 5.65 Å². The Hall–Kier alpha value is -1.57. The molecule has 0 fully saturated rings. The van der Waals surface area contributed by atoms with E-state index in [1.807, 2.05) is 25.4 Å². The van der Waals surface area contributed by atoms with Gasteiger partial charge in [0, 0.05) is 6.20 Å². The molecule has 2 heterocycles. The molecular formula is C11H12N2. The Labute approximate surface area is 77.5 Å². The number of hydrogen-bond donors (Lipinski definition) is 0. The molecule has 13 heavy (non-hydrogen) atoms. The van der Waals surface area contributed by atoms with Gasteiger partial charge in [0.2, 0.25) is 0 Å². The first-order valence-electron chi connectivity index (χ1n) is 4.37. The molecule has 0 aliphatic heterocycles. The summed E-state index contributed by atoms with van der Waals surface area (Å²) in [5.41, 5.74) is 3.37. The molecule has 0 unspecified atom stereocenters. The van der Waals surface area contributed by atoms with Crippen LogP contribution in [0.3, 0.4) is 0 Å². The van der Waals surface area contributed by atoms with Crippen molar-refractivity contribution in [2.75, 3.05) is 0 Å². The minimum Gasteiger partial charge on any atom is -0.300 e. The number of fused-ring (bicyclic) bond motifs is 1. The average molecular weight is 172 g/mol. The van der Waals surface area contributed by atoms with Crippen LogP contribution >= 0.6 is 0 Å². The molecule has 0 aliphatic rings. The van der Waals surface area contributed by atoms with Gasteiger partial charge in [-0.05, 0) is 37.6 Å². The highest BCUT2D eigenvalue weighted by Crippen LogP contribution is 2.09. The second kappa shape index (κ2) is 3.05. The Kier molecular flexibility index (Phi) is 1.89. The van der Waals surface area contributed by atoms with Gasteiger partial charge in [0.05, 0.1) is 11.9 Å². The first-order valence-corrected chi connectivity index (χ1v) is 4.37. The molecular weight excluding hydrogens is 160 g/mol. The molecule has 0 amide bonds. The van der Waals surface area contributed by atoms with Crippen molar-refractivity contribution in [3.8, 4) is 0 Å². The van der Waals surface area contributed by atoms with Crippen molar-refractivity contribution in [1.29, 1.82) is 0 Å². The lowest BCUT2D eigenvalue weighted by Gasteiger charge is -1.96. The molecule has 0 saturated carbocycles. The van der Waals surface area contributed by atoms with Crippen molar-refractivity contribution in [2.45, 2.75) is 13.8 Å². The van der Waals surface area contributed by atoms with Crippen LogP contribution in [0.2, 0.25) is 0 Å². The summed E-state index contributed by atoms with van der Waals surface area (Å²) in [6.07, 6.45) is 8.00. The topological polar surface area (TPSA) is 17.3 Å². The van der Waals surface area contributed by atoms with Gasteiger partial charge >= 0.3 is 0 Å². The van der Waals surface area contributed by atoms with Crippen LogP contribution in [0.4, 0.5) is 0 Å². The SMILES string of the molecule is C/C=C/c1cnc2cc(C)ccn12. The van der Waals surface area contributed by atoms with Gasteiger partial charge in [0.15, 0.2) is 0 Å². The highest BCUT2D eigenvalue weighted by molar-refractivity contribution is 5.52. The third kappa shape index (κ3) is 1.35. The van der Waals surface area contributed by atoms with E-state index >= 15 is 0 Å². The van der Waals surface area contributed by atoms with Gasteiger partial charge in [-0.3, -0.25) is 0 Å². The average Bonchev–Trinajstić information content (AvgIpc) is 2.49. The van der Waals surface area contributed by atoms with Gasteiger partial charge in [-0.15, -0.1) is 0 Å².